The summed E-state index contributed by atoms with van der Waals surface area (Å²) in [7, 11) is -3.70. The Kier molecular flexibility index (Phi) is 4.23. The second-order valence-corrected chi connectivity index (χ2v) is 6.16. The molecule has 2 heterocycles. The third kappa shape index (κ3) is 3.55. The number of aromatic nitrogens is 1. The van der Waals surface area contributed by atoms with Crippen LogP contribution < -0.4 is 4.72 Å². The fourth-order valence-electron chi connectivity index (χ4n) is 1.91. The molecule has 7 nitrogen and oxygen atoms in total. The van der Waals surface area contributed by atoms with Crippen molar-refractivity contribution in [3.63, 3.8) is 0 Å². The van der Waals surface area contributed by atoms with Crippen molar-refractivity contribution >= 4 is 16.0 Å². The molecule has 1 aromatic heterocycles. The minimum Gasteiger partial charge on any atom is -0.477 e. The Labute approximate surface area is 111 Å². The van der Waals surface area contributed by atoms with Gasteiger partial charge in [0.1, 0.15) is 10.6 Å². The summed E-state index contributed by atoms with van der Waals surface area (Å²) in [6.45, 7) is 0.857. The van der Waals surface area contributed by atoms with Crippen LogP contribution in [0.3, 0.4) is 0 Å². The van der Waals surface area contributed by atoms with Gasteiger partial charge in [0.05, 0.1) is 6.10 Å². The van der Waals surface area contributed by atoms with E-state index in [1.165, 1.54) is 0 Å². The van der Waals surface area contributed by atoms with E-state index in [-0.39, 0.29) is 23.2 Å². The second kappa shape index (κ2) is 5.72. The molecule has 0 spiro atoms. The molecule has 2 rings (SSSR count). The Bertz CT molecular complexity index is 545. The molecule has 1 atom stereocenters. The lowest BCUT2D eigenvalue weighted by Gasteiger charge is -2.22. The predicted octanol–water partition coefficient (Wildman–Crippen LogP) is 0.560. The first-order chi connectivity index (χ1) is 8.99. The zero-order valence-electron chi connectivity index (χ0n) is 10.3. The zero-order chi connectivity index (χ0) is 13.9. The minimum absolute atomic E-state index is 0.0827. The molecule has 1 unspecified atom stereocenters. The van der Waals surface area contributed by atoms with Gasteiger partial charge in [0.2, 0.25) is 10.0 Å². The van der Waals surface area contributed by atoms with Crippen molar-refractivity contribution < 1.29 is 23.1 Å². The van der Waals surface area contributed by atoms with Crippen molar-refractivity contribution in [2.45, 2.75) is 30.3 Å². The average Bonchev–Trinajstić information content (AvgIpc) is 2.88. The summed E-state index contributed by atoms with van der Waals surface area (Å²) in [6, 6.07) is 1.09. The molecule has 1 fully saturated rings. The van der Waals surface area contributed by atoms with Crippen LogP contribution in [-0.4, -0.2) is 43.7 Å². The van der Waals surface area contributed by atoms with Crippen LogP contribution in [-0.2, 0) is 14.8 Å². The highest BCUT2D eigenvalue weighted by Gasteiger charge is 2.21. The van der Waals surface area contributed by atoms with Gasteiger partial charge in [0.25, 0.3) is 0 Å². The number of carbonyl (C=O) groups is 1. The maximum atomic E-state index is 11.9. The summed E-state index contributed by atoms with van der Waals surface area (Å²) in [5.41, 5.74) is -0.158. The largest absolute Gasteiger partial charge is 0.477 e. The molecule has 0 radical (unpaired) electrons. The number of aromatic amines is 1. The summed E-state index contributed by atoms with van der Waals surface area (Å²) in [4.78, 5) is 13.0. The van der Waals surface area contributed by atoms with Crippen LogP contribution >= 0.6 is 0 Å². The topological polar surface area (TPSA) is 108 Å². The molecule has 1 saturated heterocycles. The number of rotatable bonds is 5. The summed E-state index contributed by atoms with van der Waals surface area (Å²) in [6.07, 6.45) is 3.91. The van der Waals surface area contributed by atoms with E-state index < -0.39 is 16.0 Å². The molecule has 1 aliphatic heterocycles. The van der Waals surface area contributed by atoms with E-state index in [1.807, 2.05) is 0 Å². The van der Waals surface area contributed by atoms with Gasteiger partial charge in [-0.05, 0) is 25.3 Å². The number of hydrogen-bond acceptors (Lipinski definition) is 4. The van der Waals surface area contributed by atoms with Crippen molar-refractivity contribution in [1.29, 1.82) is 0 Å². The summed E-state index contributed by atoms with van der Waals surface area (Å²) in [5.74, 6) is -1.20. The first-order valence-corrected chi connectivity index (χ1v) is 7.50. The number of nitrogens with one attached hydrogen (secondary N) is 2. The van der Waals surface area contributed by atoms with E-state index in [0.29, 0.717) is 6.61 Å². The van der Waals surface area contributed by atoms with Gasteiger partial charge in [-0.15, -0.1) is 0 Å². The van der Waals surface area contributed by atoms with Crippen molar-refractivity contribution in [1.82, 2.24) is 9.71 Å². The smallest absolute Gasteiger partial charge is 0.352 e. The van der Waals surface area contributed by atoms with Crippen LogP contribution in [0.4, 0.5) is 0 Å². The highest BCUT2D eigenvalue weighted by atomic mass is 32.2. The summed E-state index contributed by atoms with van der Waals surface area (Å²) in [5, 5.41) is 8.73. The molecule has 0 saturated carbocycles. The van der Waals surface area contributed by atoms with Gasteiger partial charge in [-0.25, -0.2) is 17.9 Å². The molecule has 0 aromatic carbocycles. The average molecular weight is 288 g/mol. The predicted molar refractivity (Wildman–Crippen MR) is 66.5 cm³/mol. The summed E-state index contributed by atoms with van der Waals surface area (Å²) >= 11 is 0. The van der Waals surface area contributed by atoms with Gasteiger partial charge < -0.3 is 14.8 Å². The first-order valence-electron chi connectivity index (χ1n) is 6.02. The number of aromatic carboxylic acids is 1. The van der Waals surface area contributed by atoms with Crippen molar-refractivity contribution in [2.24, 2.45) is 0 Å². The number of hydrogen-bond donors (Lipinski definition) is 3. The van der Waals surface area contributed by atoms with Gasteiger partial charge in [-0.2, -0.15) is 0 Å². The van der Waals surface area contributed by atoms with Gasteiger partial charge in [-0.1, -0.05) is 0 Å². The molecule has 106 valence electrons. The van der Waals surface area contributed by atoms with Gasteiger partial charge in [0.15, 0.2) is 0 Å². The van der Waals surface area contributed by atoms with Crippen LogP contribution in [0.1, 0.15) is 29.8 Å². The molecule has 19 heavy (non-hydrogen) atoms. The fraction of sp³-hybridized carbons (Fsp3) is 0.545. The molecule has 8 heteroatoms. The number of carboxylic acid groups (broad SMARTS) is 1. The quantitative estimate of drug-likeness (QED) is 0.733. The summed E-state index contributed by atoms with van der Waals surface area (Å²) < 4.78 is 31.7. The highest BCUT2D eigenvalue weighted by Crippen LogP contribution is 2.14. The van der Waals surface area contributed by atoms with Gasteiger partial charge >= 0.3 is 5.97 Å². The molecule has 1 aliphatic rings. The lowest BCUT2D eigenvalue weighted by molar-refractivity contribution is 0.0200. The van der Waals surface area contributed by atoms with Crippen LogP contribution in [0.5, 0.6) is 0 Å². The second-order valence-electron chi connectivity index (χ2n) is 4.39. The maximum absolute atomic E-state index is 11.9. The van der Waals surface area contributed by atoms with E-state index in [9.17, 15) is 13.2 Å². The van der Waals surface area contributed by atoms with E-state index in [0.717, 1.165) is 31.5 Å². The zero-order valence-corrected chi connectivity index (χ0v) is 11.1. The Morgan fingerprint density at radius 1 is 1.53 bits per heavy atom. The Balaban J connectivity index is 1.98. The first kappa shape index (κ1) is 14.0. The highest BCUT2D eigenvalue weighted by molar-refractivity contribution is 7.89. The van der Waals surface area contributed by atoms with Crippen LogP contribution in [0.25, 0.3) is 0 Å². The third-order valence-corrected chi connectivity index (χ3v) is 4.38. The molecule has 0 amide bonds. The Morgan fingerprint density at radius 3 is 2.89 bits per heavy atom. The Hall–Kier alpha value is -1.38. The van der Waals surface area contributed by atoms with Crippen molar-refractivity contribution in [3.05, 3.63) is 18.0 Å². The normalized spacial score (nSPS) is 20.3. The number of sulfonamides is 1. The standard InChI is InChI=1S/C11H16N2O5S/c14-11(15)10-5-9(7-12-10)19(16,17)13-6-8-3-1-2-4-18-8/h5,7-8,12-13H,1-4,6H2,(H,14,15). The monoisotopic (exact) mass is 288 g/mol. The molecule has 3 N–H and O–H groups in total. The number of H-pyrrole nitrogens is 1. The maximum Gasteiger partial charge on any atom is 0.352 e. The van der Waals surface area contributed by atoms with E-state index in [2.05, 4.69) is 9.71 Å². The van der Waals surface area contributed by atoms with Gasteiger partial charge in [0, 0.05) is 19.3 Å². The van der Waals surface area contributed by atoms with Crippen molar-refractivity contribution in [2.75, 3.05) is 13.2 Å². The van der Waals surface area contributed by atoms with Crippen LogP contribution in [0.15, 0.2) is 17.2 Å². The molecule has 0 aliphatic carbocycles. The molecule has 1 aromatic rings. The fourth-order valence-corrected chi connectivity index (χ4v) is 2.97. The minimum atomic E-state index is -3.70. The van der Waals surface area contributed by atoms with Crippen molar-refractivity contribution in [3.8, 4) is 0 Å². The molecule has 0 bridgehead atoms. The molecular formula is C11H16N2O5S. The van der Waals surface area contributed by atoms with Gasteiger partial charge in [-0.3, -0.25) is 0 Å². The lowest BCUT2D eigenvalue weighted by atomic mass is 10.1. The number of carboxylic acids is 1. The number of ether oxygens (including phenoxy) is 1. The lowest BCUT2D eigenvalue weighted by Crippen LogP contribution is -2.35. The van der Waals surface area contributed by atoms with E-state index >= 15 is 0 Å². The SMILES string of the molecule is O=C(O)c1cc(S(=O)(=O)NCC2CCCCO2)c[nH]1. The third-order valence-electron chi connectivity index (χ3n) is 2.97. The van der Waals surface area contributed by atoms with E-state index in [4.69, 9.17) is 9.84 Å². The Morgan fingerprint density at radius 2 is 2.32 bits per heavy atom. The molecular weight excluding hydrogens is 272 g/mol. The van der Waals surface area contributed by atoms with Crippen LogP contribution in [0, 0.1) is 0 Å². The van der Waals surface area contributed by atoms with Crippen LogP contribution in [0.2, 0.25) is 0 Å². The van der Waals surface area contributed by atoms with E-state index in [1.54, 1.807) is 0 Å².